The van der Waals surface area contributed by atoms with Gasteiger partial charge >= 0.3 is 18.3 Å². The van der Waals surface area contributed by atoms with E-state index in [-0.39, 0.29) is 9.50 Å². The predicted octanol–water partition coefficient (Wildman–Crippen LogP) is 6.39. The van der Waals surface area contributed by atoms with Crippen LogP contribution in [-0.4, -0.2) is 46.3 Å². The maximum atomic E-state index is 13.5. The third kappa shape index (κ3) is 5.39. The minimum absolute atomic E-state index is 0.222. The third-order valence-electron chi connectivity index (χ3n) is 6.76. The number of carbonyl (C=O) groups excluding carboxylic acids is 1. The Labute approximate surface area is 197 Å². The molecular weight excluding hydrogens is 557 g/mol. The molecule has 2 fully saturated rings. The number of rotatable bonds is 6. The largest absolute Gasteiger partial charge is 0.458 e. The molecule has 0 saturated heterocycles. The minimum atomic E-state index is -5.97. The molecule has 0 radical (unpaired) electrons. The number of carbonyl (C=O) groups is 1. The fourth-order valence-corrected chi connectivity index (χ4v) is 5.25. The summed E-state index contributed by atoms with van der Waals surface area (Å²) in [5.41, 5.74) is -9.21. The van der Waals surface area contributed by atoms with E-state index in [2.05, 4.69) is 6.58 Å². The molecule has 4 nitrogen and oxygen atoms in total. The van der Waals surface area contributed by atoms with Crippen LogP contribution in [0.2, 0.25) is 0 Å². The lowest BCUT2D eigenvalue weighted by Gasteiger charge is -2.50. The van der Waals surface area contributed by atoms with Gasteiger partial charge in [0.15, 0.2) is 0 Å². The fraction of sp³-hybridized carbons (Fsp3) is 0.857. The van der Waals surface area contributed by atoms with Crippen molar-refractivity contribution < 1.29 is 45.7 Å². The number of hydrogen-bond donors (Lipinski definition) is 1. The van der Waals surface area contributed by atoms with Gasteiger partial charge in [-0.05, 0) is 87.3 Å². The van der Waals surface area contributed by atoms with E-state index in [1.165, 1.54) is 0 Å². The van der Waals surface area contributed by atoms with Gasteiger partial charge in [0.2, 0.25) is 0 Å². The summed E-state index contributed by atoms with van der Waals surface area (Å²) in [4.78, 5) is 11.8. The van der Waals surface area contributed by atoms with Crippen LogP contribution < -0.4 is 0 Å². The number of alkyl halides is 6. The van der Waals surface area contributed by atoms with Crippen molar-refractivity contribution in [3.63, 3.8) is 0 Å². The van der Waals surface area contributed by atoms with Crippen molar-refractivity contribution >= 4 is 28.6 Å². The average molecular weight is 586 g/mol. The molecule has 2 atom stereocenters. The zero-order valence-electron chi connectivity index (χ0n) is 18.0. The fourth-order valence-electron chi connectivity index (χ4n) is 5.12. The molecule has 2 aliphatic carbocycles. The van der Waals surface area contributed by atoms with Crippen molar-refractivity contribution in [3.8, 4) is 0 Å². The monoisotopic (exact) mass is 586 g/mol. The second-order valence-electron chi connectivity index (χ2n) is 9.23. The molecule has 32 heavy (non-hydrogen) atoms. The zero-order chi connectivity index (χ0) is 24.6. The SMILES string of the molecule is C=C(I)C(=O)OC1CCCC(C2(OC(C)(C)C(O)(C(F)(F)F)C(F)(F)F)CCCC2)CC1. The molecule has 0 spiro atoms. The van der Waals surface area contributed by atoms with Crippen LogP contribution in [0.1, 0.15) is 71.6 Å². The summed E-state index contributed by atoms with van der Waals surface area (Å²) in [5, 5.41) is 9.99. The van der Waals surface area contributed by atoms with Crippen LogP contribution in [-0.2, 0) is 14.3 Å². The van der Waals surface area contributed by atoms with Crippen LogP contribution in [0.25, 0.3) is 0 Å². The molecule has 0 bridgehead atoms. The van der Waals surface area contributed by atoms with E-state index in [9.17, 15) is 36.2 Å². The summed E-state index contributed by atoms with van der Waals surface area (Å²) in [6.07, 6.45) is -8.01. The highest BCUT2D eigenvalue weighted by Gasteiger charge is 2.78. The smallest absolute Gasteiger partial charge is 0.429 e. The van der Waals surface area contributed by atoms with E-state index in [0.29, 0.717) is 71.6 Å². The summed E-state index contributed by atoms with van der Waals surface area (Å²) in [6.45, 7) is 4.83. The average Bonchev–Trinajstić information content (AvgIpc) is 2.96. The Morgan fingerprint density at radius 1 is 0.969 bits per heavy atom. The lowest BCUT2D eigenvalue weighted by Crippen LogP contribution is -2.71. The van der Waals surface area contributed by atoms with Gasteiger partial charge in [0.05, 0.1) is 9.18 Å². The number of halogens is 7. The summed E-state index contributed by atoms with van der Waals surface area (Å²) in [6, 6.07) is 0. The quantitative estimate of drug-likeness (QED) is 0.129. The first-order valence-electron chi connectivity index (χ1n) is 10.6. The molecule has 1 N–H and O–H groups in total. The van der Waals surface area contributed by atoms with Gasteiger partial charge in [-0.25, -0.2) is 4.79 Å². The first kappa shape index (κ1) is 27.7. The molecule has 2 unspecified atom stereocenters. The van der Waals surface area contributed by atoms with Crippen molar-refractivity contribution in [2.24, 2.45) is 5.92 Å². The highest BCUT2D eigenvalue weighted by molar-refractivity contribution is 14.1. The van der Waals surface area contributed by atoms with Gasteiger partial charge in [0.1, 0.15) is 11.7 Å². The molecular formula is C21H29F6IO4. The molecule has 0 amide bonds. The Kier molecular flexibility index (Phi) is 8.30. The molecule has 2 rings (SSSR count). The number of hydrogen-bond acceptors (Lipinski definition) is 4. The van der Waals surface area contributed by atoms with Gasteiger partial charge in [0, 0.05) is 0 Å². The molecule has 0 aromatic rings. The van der Waals surface area contributed by atoms with Crippen molar-refractivity contribution in [2.75, 3.05) is 0 Å². The van der Waals surface area contributed by atoms with Gasteiger partial charge in [-0.3, -0.25) is 0 Å². The van der Waals surface area contributed by atoms with E-state index in [0.717, 1.165) is 0 Å². The Hall–Kier alpha value is -0.560. The molecule has 0 aromatic carbocycles. The molecule has 11 heteroatoms. The number of esters is 1. The van der Waals surface area contributed by atoms with Crippen molar-refractivity contribution in [3.05, 3.63) is 10.2 Å². The van der Waals surface area contributed by atoms with Crippen LogP contribution in [0.3, 0.4) is 0 Å². The molecule has 0 heterocycles. The van der Waals surface area contributed by atoms with E-state index < -0.39 is 41.2 Å². The lowest BCUT2D eigenvalue weighted by atomic mass is 9.77. The highest BCUT2D eigenvalue weighted by Crippen LogP contribution is 2.55. The molecule has 0 aromatic heterocycles. The second-order valence-corrected chi connectivity index (χ2v) is 10.5. The Morgan fingerprint density at radius 2 is 1.50 bits per heavy atom. The van der Waals surface area contributed by atoms with Crippen LogP contribution >= 0.6 is 22.6 Å². The van der Waals surface area contributed by atoms with E-state index >= 15 is 0 Å². The van der Waals surface area contributed by atoms with E-state index in [1.807, 2.05) is 0 Å². The first-order chi connectivity index (χ1) is 14.5. The van der Waals surface area contributed by atoms with Gasteiger partial charge in [-0.2, -0.15) is 26.3 Å². The summed E-state index contributed by atoms with van der Waals surface area (Å²) in [5.74, 6) is -0.857. The molecule has 0 aliphatic heterocycles. The topological polar surface area (TPSA) is 55.8 Å². The van der Waals surface area contributed by atoms with Gasteiger partial charge in [0.25, 0.3) is 5.60 Å². The van der Waals surface area contributed by atoms with Gasteiger partial charge < -0.3 is 14.6 Å². The maximum absolute atomic E-state index is 13.5. The van der Waals surface area contributed by atoms with Crippen LogP contribution in [0.5, 0.6) is 0 Å². The number of aliphatic hydroxyl groups is 1. The number of ether oxygens (including phenoxy) is 2. The van der Waals surface area contributed by atoms with E-state index in [1.54, 1.807) is 22.6 Å². The van der Waals surface area contributed by atoms with Crippen LogP contribution in [0, 0.1) is 5.92 Å². The van der Waals surface area contributed by atoms with Crippen LogP contribution in [0.15, 0.2) is 10.2 Å². The maximum Gasteiger partial charge on any atom is 0.429 e. The molecule has 2 aliphatic rings. The molecule has 2 saturated carbocycles. The standard InChI is InChI=1S/C21H29F6IO4/c1-13(28)16(29)31-15-8-6-7-14(9-10-15)18(11-4-5-12-18)32-17(2,3)19(30,20(22,23)24)21(25,26)27/h14-15,30H,1,4-12H2,2-3H3. The zero-order valence-corrected chi connectivity index (χ0v) is 20.2. The van der Waals surface area contributed by atoms with Gasteiger partial charge in [-0.1, -0.05) is 19.4 Å². The van der Waals surface area contributed by atoms with Gasteiger partial charge in [-0.15, -0.1) is 0 Å². The minimum Gasteiger partial charge on any atom is -0.458 e. The Morgan fingerprint density at radius 3 is 1.97 bits per heavy atom. The first-order valence-corrected chi connectivity index (χ1v) is 11.7. The summed E-state index contributed by atoms with van der Waals surface area (Å²) >= 11 is 1.75. The van der Waals surface area contributed by atoms with Crippen molar-refractivity contribution in [1.82, 2.24) is 0 Å². The summed E-state index contributed by atoms with van der Waals surface area (Å²) in [7, 11) is 0. The highest BCUT2D eigenvalue weighted by atomic mass is 127. The van der Waals surface area contributed by atoms with Crippen LogP contribution in [0.4, 0.5) is 26.3 Å². The second kappa shape index (κ2) is 9.59. The molecule has 186 valence electrons. The Balaban J connectivity index is 2.29. The van der Waals surface area contributed by atoms with E-state index in [4.69, 9.17) is 9.47 Å². The normalized spacial score (nSPS) is 25.3. The Bertz CT molecular complexity index is 683. The predicted molar refractivity (Wildman–Crippen MR) is 113 cm³/mol. The third-order valence-corrected chi connectivity index (χ3v) is 7.20. The summed E-state index contributed by atoms with van der Waals surface area (Å²) < 4.78 is 92.6. The lowest BCUT2D eigenvalue weighted by molar-refractivity contribution is -0.422. The van der Waals surface area contributed by atoms with Crippen molar-refractivity contribution in [1.29, 1.82) is 0 Å². The van der Waals surface area contributed by atoms with Crippen molar-refractivity contribution in [2.45, 2.75) is 107 Å².